The van der Waals surface area contributed by atoms with Crippen molar-refractivity contribution in [3.63, 3.8) is 0 Å². The molecule has 2 N–H and O–H groups in total. The van der Waals surface area contributed by atoms with Crippen molar-refractivity contribution >= 4 is 19.0 Å². The molecule has 0 amide bonds. The first-order valence-corrected chi connectivity index (χ1v) is 5.97. The second kappa shape index (κ2) is 5.55. The van der Waals surface area contributed by atoms with Crippen LogP contribution in [-0.2, 0) is 6.54 Å². The van der Waals surface area contributed by atoms with E-state index in [9.17, 15) is 0 Å². The lowest BCUT2D eigenvalue weighted by Crippen LogP contribution is -2.05. The summed E-state index contributed by atoms with van der Waals surface area (Å²) in [6.45, 7) is 0.609. The van der Waals surface area contributed by atoms with Crippen LogP contribution in [0.15, 0.2) is 40.5 Å². The number of hydrogen-bond acceptors (Lipinski definition) is 3. The normalized spacial score (nSPS) is 19.8. The van der Waals surface area contributed by atoms with E-state index in [-0.39, 0.29) is 0 Å². The van der Waals surface area contributed by atoms with Crippen LogP contribution in [-0.4, -0.2) is 13.6 Å². The summed E-state index contributed by atoms with van der Waals surface area (Å²) in [6, 6.07) is 9.66. The summed E-state index contributed by atoms with van der Waals surface area (Å²) >= 11 is 0. The first kappa shape index (κ1) is 12.4. The third kappa shape index (κ3) is 2.81. The van der Waals surface area contributed by atoms with Crippen molar-refractivity contribution in [2.75, 3.05) is 0 Å². The molecule has 18 heavy (non-hydrogen) atoms. The van der Waals surface area contributed by atoms with Gasteiger partial charge in [0.05, 0.1) is 6.54 Å². The fourth-order valence-electron chi connectivity index (χ4n) is 2.07. The predicted molar refractivity (Wildman–Crippen MR) is 73.6 cm³/mol. The molecular weight excluding hydrogens is 221 g/mol. The summed E-state index contributed by atoms with van der Waals surface area (Å²) in [5.41, 5.74) is 9.75. The van der Waals surface area contributed by atoms with Gasteiger partial charge in [-0.1, -0.05) is 29.7 Å². The van der Waals surface area contributed by atoms with Gasteiger partial charge in [-0.2, -0.15) is 5.26 Å². The average Bonchev–Trinajstić information content (AvgIpc) is 2.85. The molecule has 2 rings (SSSR count). The monoisotopic (exact) mass is 235 g/mol. The first-order valence-electron chi connectivity index (χ1n) is 5.97. The van der Waals surface area contributed by atoms with Crippen molar-refractivity contribution in [3.05, 3.63) is 41.1 Å². The molecule has 0 spiro atoms. The topological polar surface area (TPSA) is 62.2 Å². The Morgan fingerprint density at radius 1 is 1.33 bits per heavy atom. The van der Waals surface area contributed by atoms with Crippen molar-refractivity contribution in [3.8, 4) is 6.07 Å². The van der Waals surface area contributed by atoms with Crippen molar-refractivity contribution in [1.29, 1.82) is 5.26 Å². The molecule has 0 heterocycles. The Balaban J connectivity index is 2.14. The average molecular weight is 235 g/mol. The summed E-state index contributed by atoms with van der Waals surface area (Å²) in [5, 5.41) is 8.83. The van der Waals surface area contributed by atoms with E-state index in [1.54, 1.807) is 0 Å². The molecule has 0 bridgehead atoms. The van der Waals surface area contributed by atoms with Gasteiger partial charge in [-0.05, 0) is 24.8 Å². The number of rotatable bonds is 2. The summed E-state index contributed by atoms with van der Waals surface area (Å²) in [7, 11) is 5.63. The van der Waals surface area contributed by atoms with Crippen molar-refractivity contribution in [2.45, 2.75) is 25.8 Å². The van der Waals surface area contributed by atoms with Gasteiger partial charge in [-0.25, -0.2) is 0 Å². The van der Waals surface area contributed by atoms with Crippen molar-refractivity contribution in [1.82, 2.24) is 0 Å². The molecule has 1 aromatic carbocycles. The molecular formula is C14H14BN3. The highest BCUT2D eigenvalue weighted by Crippen LogP contribution is 2.23. The van der Waals surface area contributed by atoms with Gasteiger partial charge < -0.3 is 5.73 Å². The molecule has 1 aliphatic carbocycles. The molecule has 1 saturated carbocycles. The number of allylic oxidation sites excluding steroid dienone is 2. The second-order valence-electron chi connectivity index (χ2n) is 4.36. The molecule has 4 heteroatoms. The van der Waals surface area contributed by atoms with Gasteiger partial charge >= 0.3 is 0 Å². The van der Waals surface area contributed by atoms with Gasteiger partial charge in [0.25, 0.3) is 0 Å². The van der Waals surface area contributed by atoms with Gasteiger partial charge in [0.1, 0.15) is 19.6 Å². The third-order valence-corrected chi connectivity index (χ3v) is 3.07. The molecule has 0 unspecified atom stereocenters. The zero-order valence-corrected chi connectivity index (χ0v) is 10.2. The highest BCUT2D eigenvalue weighted by molar-refractivity contribution is 6.32. The maximum absolute atomic E-state index is 8.83. The number of nitrogens with two attached hydrogens (primary N) is 1. The minimum Gasteiger partial charge on any atom is -0.390 e. The maximum Gasteiger partial charge on any atom is 0.117 e. The van der Waals surface area contributed by atoms with Gasteiger partial charge in [-0.3, -0.25) is 4.99 Å². The minimum absolute atomic E-state index is 0.309. The van der Waals surface area contributed by atoms with E-state index >= 15 is 0 Å². The Hall–Kier alpha value is -2.02. The van der Waals surface area contributed by atoms with Crippen LogP contribution in [0.2, 0.25) is 0 Å². The number of hydrogen-bond donors (Lipinski definition) is 1. The number of nitrogens with zero attached hydrogens (tertiary/aromatic N) is 2. The zero-order chi connectivity index (χ0) is 13.0. The lowest BCUT2D eigenvalue weighted by Gasteiger charge is -2.02. The van der Waals surface area contributed by atoms with Gasteiger partial charge in [0.2, 0.25) is 0 Å². The SMILES string of the molecule is [B]c1ccc(CN=C2CCCC2=C(N)C#N)cc1. The molecule has 3 nitrogen and oxygen atoms in total. The second-order valence-corrected chi connectivity index (χ2v) is 4.36. The van der Waals surface area contributed by atoms with Crippen LogP contribution in [0.4, 0.5) is 0 Å². The van der Waals surface area contributed by atoms with Crippen LogP contribution in [0.3, 0.4) is 0 Å². The molecule has 1 aromatic rings. The fourth-order valence-corrected chi connectivity index (χ4v) is 2.07. The quantitative estimate of drug-likeness (QED) is 0.621. The van der Waals surface area contributed by atoms with Crippen molar-refractivity contribution < 1.29 is 0 Å². The largest absolute Gasteiger partial charge is 0.390 e. The van der Waals surface area contributed by atoms with E-state index in [1.165, 1.54) is 0 Å². The molecule has 0 aliphatic heterocycles. The van der Waals surface area contributed by atoms with Crippen LogP contribution in [0.1, 0.15) is 24.8 Å². The number of nitriles is 1. The summed E-state index contributed by atoms with van der Waals surface area (Å²) in [4.78, 5) is 4.56. The number of benzene rings is 1. The standard InChI is InChI=1S/C14H14BN3/c15-11-6-4-10(5-7-11)9-18-14-3-1-2-12(14)13(17)8-16/h4-7H,1-3,9,17H2. The molecule has 2 radical (unpaired) electrons. The highest BCUT2D eigenvalue weighted by Gasteiger charge is 2.18. The zero-order valence-electron chi connectivity index (χ0n) is 10.2. The smallest absolute Gasteiger partial charge is 0.117 e. The Labute approximate surface area is 108 Å². The molecule has 0 aromatic heterocycles. The Kier molecular flexibility index (Phi) is 3.83. The lowest BCUT2D eigenvalue weighted by atomic mass is 9.95. The Morgan fingerprint density at radius 2 is 2.06 bits per heavy atom. The van der Waals surface area contributed by atoms with Crippen LogP contribution in [0, 0.1) is 11.3 Å². The van der Waals surface area contributed by atoms with Gasteiger partial charge in [0.15, 0.2) is 0 Å². The predicted octanol–water partition coefficient (Wildman–Crippen LogP) is 1.34. The lowest BCUT2D eigenvalue weighted by molar-refractivity contribution is 0.938. The summed E-state index contributed by atoms with van der Waals surface area (Å²) in [5.74, 6) is 0. The fraction of sp³-hybridized carbons (Fsp3) is 0.286. The molecule has 1 fully saturated rings. The van der Waals surface area contributed by atoms with Crippen LogP contribution < -0.4 is 11.2 Å². The maximum atomic E-state index is 8.83. The summed E-state index contributed by atoms with van der Waals surface area (Å²) in [6.07, 6.45) is 2.80. The van der Waals surface area contributed by atoms with Crippen molar-refractivity contribution in [2.24, 2.45) is 10.7 Å². The third-order valence-electron chi connectivity index (χ3n) is 3.07. The van der Waals surface area contributed by atoms with E-state index in [2.05, 4.69) is 4.99 Å². The van der Waals surface area contributed by atoms with E-state index in [1.807, 2.05) is 30.3 Å². The van der Waals surface area contributed by atoms with Crippen LogP contribution in [0.25, 0.3) is 0 Å². The van der Waals surface area contributed by atoms with Crippen LogP contribution >= 0.6 is 0 Å². The Bertz CT molecular complexity index is 535. The minimum atomic E-state index is 0.309. The molecule has 88 valence electrons. The van der Waals surface area contributed by atoms with E-state index in [0.29, 0.717) is 12.2 Å². The van der Waals surface area contributed by atoms with Gasteiger partial charge in [0, 0.05) is 11.3 Å². The summed E-state index contributed by atoms with van der Waals surface area (Å²) < 4.78 is 0. The molecule has 0 atom stereocenters. The first-order chi connectivity index (χ1) is 8.70. The number of aliphatic imine (C=N–C) groups is 1. The molecule has 1 aliphatic rings. The van der Waals surface area contributed by atoms with E-state index in [4.69, 9.17) is 18.8 Å². The Morgan fingerprint density at radius 3 is 2.72 bits per heavy atom. The molecule has 0 saturated heterocycles. The van der Waals surface area contributed by atoms with E-state index in [0.717, 1.165) is 41.6 Å². The van der Waals surface area contributed by atoms with Gasteiger partial charge in [-0.15, -0.1) is 0 Å². The highest BCUT2D eigenvalue weighted by atomic mass is 14.8. The van der Waals surface area contributed by atoms with Crippen LogP contribution in [0.5, 0.6) is 0 Å². The van der Waals surface area contributed by atoms with E-state index < -0.39 is 0 Å².